The molecule has 0 amide bonds. The van der Waals surface area contributed by atoms with Crippen molar-refractivity contribution in [2.75, 3.05) is 33.3 Å². The van der Waals surface area contributed by atoms with Crippen LogP contribution in [0.25, 0.3) is 0 Å². The van der Waals surface area contributed by atoms with Gasteiger partial charge in [0.15, 0.2) is 0 Å². The third kappa shape index (κ3) is 5.49. The Morgan fingerprint density at radius 3 is 2.56 bits per heavy atom. The van der Waals surface area contributed by atoms with Crippen molar-refractivity contribution in [3.8, 4) is 5.75 Å². The van der Waals surface area contributed by atoms with Crippen LogP contribution in [-0.2, 0) is 0 Å². The van der Waals surface area contributed by atoms with Crippen molar-refractivity contribution in [2.24, 2.45) is 5.73 Å². The van der Waals surface area contributed by atoms with Crippen LogP contribution < -0.4 is 10.5 Å². The van der Waals surface area contributed by atoms with Gasteiger partial charge in [0.05, 0.1) is 0 Å². The van der Waals surface area contributed by atoms with Crippen LogP contribution in [0.15, 0.2) is 28.7 Å². The van der Waals surface area contributed by atoms with E-state index in [1.165, 1.54) is 0 Å². The van der Waals surface area contributed by atoms with Crippen LogP contribution in [0.5, 0.6) is 5.75 Å². The smallest absolute Gasteiger partial charge is 0.119 e. The summed E-state index contributed by atoms with van der Waals surface area (Å²) in [7, 11) is 2.08. The van der Waals surface area contributed by atoms with Crippen LogP contribution in [0.2, 0.25) is 0 Å². The van der Waals surface area contributed by atoms with E-state index in [0.717, 1.165) is 36.3 Å². The predicted molar refractivity (Wildman–Crippen MR) is 70.8 cm³/mol. The van der Waals surface area contributed by atoms with Crippen molar-refractivity contribution in [1.82, 2.24) is 4.90 Å². The number of nitrogens with two attached hydrogens (primary N) is 1. The molecule has 1 rings (SSSR count). The highest BCUT2D eigenvalue weighted by Gasteiger charge is 1.98. The average Bonchev–Trinajstić information content (AvgIpc) is 2.29. The summed E-state index contributed by atoms with van der Waals surface area (Å²) >= 11 is 3.39. The number of nitrogens with zero attached hydrogens (tertiary/aromatic N) is 1. The van der Waals surface area contributed by atoms with Gasteiger partial charge in [0.2, 0.25) is 0 Å². The van der Waals surface area contributed by atoms with E-state index < -0.39 is 0 Å². The summed E-state index contributed by atoms with van der Waals surface area (Å²) in [6.45, 7) is 3.41. The molecule has 16 heavy (non-hydrogen) atoms. The zero-order valence-electron chi connectivity index (χ0n) is 9.66. The zero-order chi connectivity index (χ0) is 11.8. The molecular formula is C12H19BrN2O. The third-order valence-corrected chi connectivity index (χ3v) is 2.83. The Hall–Kier alpha value is -0.580. The van der Waals surface area contributed by atoms with Crippen LogP contribution in [-0.4, -0.2) is 38.2 Å². The highest BCUT2D eigenvalue weighted by molar-refractivity contribution is 9.10. The van der Waals surface area contributed by atoms with E-state index in [2.05, 4.69) is 27.9 Å². The lowest BCUT2D eigenvalue weighted by atomic mass is 10.3. The van der Waals surface area contributed by atoms with E-state index in [1.807, 2.05) is 24.3 Å². The lowest BCUT2D eigenvalue weighted by Crippen LogP contribution is -2.26. The van der Waals surface area contributed by atoms with E-state index in [-0.39, 0.29) is 0 Å². The molecule has 0 atom stereocenters. The molecule has 3 nitrogen and oxygen atoms in total. The lowest BCUT2D eigenvalue weighted by Gasteiger charge is -2.16. The van der Waals surface area contributed by atoms with Crippen molar-refractivity contribution >= 4 is 15.9 Å². The van der Waals surface area contributed by atoms with Crippen molar-refractivity contribution in [2.45, 2.75) is 6.42 Å². The van der Waals surface area contributed by atoms with Crippen molar-refractivity contribution < 1.29 is 4.74 Å². The van der Waals surface area contributed by atoms with Crippen LogP contribution in [0.1, 0.15) is 6.42 Å². The van der Waals surface area contributed by atoms with Gasteiger partial charge in [0.25, 0.3) is 0 Å². The van der Waals surface area contributed by atoms with E-state index in [9.17, 15) is 0 Å². The Labute approximate surface area is 106 Å². The maximum Gasteiger partial charge on any atom is 0.119 e. The fourth-order valence-electron chi connectivity index (χ4n) is 1.32. The maximum atomic E-state index is 5.62. The SMILES string of the molecule is CN(CCCN)CCOc1ccc(Br)cc1. The van der Waals surface area contributed by atoms with E-state index in [4.69, 9.17) is 10.5 Å². The average molecular weight is 287 g/mol. The first-order valence-electron chi connectivity index (χ1n) is 5.49. The minimum Gasteiger partial charge on any atom is -0.492 e. The standard InChI is InChI=1S/C12H19BrN2O/c1-15(8-2-7-14)9-10-16-12-5-3-11(13)4-6-12/h3-6H,2,7-10,14H2,1H3. The van der Waals surface area contributed by atoms with Crippen molar-refractivity contribution in [3.05, 3.63) is 28.7 Å². The quantitative estimate of drug-likeness (QED) is 0.834. The summed E-state index contributed by atoms with van der Waals surface area (Å²) in [5, 5.41) is 0. The molecule has 0 aliphatic heterocycles. The number of hydrogen-bond donors (Lipinski definition) is 1. The van der Waals surface area contributed by atoms with Gasteiger partial charge < -0.3 is 15.4 Å². The molecule has 0 saturated carbocycles. The Bertz CT molecular complexity index is 290. The topological polar surface area (TPSA) is 38.5 Å². The van der Waals surface area contributed by atoms with Crippen molar-refractivity contribution in [1.29, 1.82) is 0 Å². The summed E-state index contributed by atoms with van der Waals surface area (Å²) in [4.78, 5) is 2.23. The monoisotopic (exact) mass is 286 g/mol. The van der Waals surface area contributed by atoms with Gasteiger partial charge in [-0.15, -0.1) is 0 Å². The summed E-state index contributed by atoms with van der Waals surface area (Å²) in [6.07, 6.45) is 1.04. The van der Waals surface area contributed by atoms with Crippen LogP contribution in [0.4, 0.5) is 0 Å². The molecule has 0 bridgehead atoms. The number of hydrogen-bond acceptors (Lipinski definition) is 3. The summed E-state index contributed by atoms with van der Waals surface area (Å²) in [5.74, 6) is 0.912. The van der Waals surface area contributed by atoms with Gasteiger partial charge in [-0.2, -0.15) is 0 Å². The molecule has 0 radical (unpaired) electrons. The fourth-order valence-corrected chi connectivity index (χ4v) is 1.59. The second kappa shape index (κ2) is 7.65. The van der Waals surface area contributed by atoms with E-state index >= 15 is 0 Å². The van der Waals surface area contributed by atoms with Gasteiger partial charge in [-0.1, -0.05) is 15.9 Å². The molecule has 1 aromatic rings. The highest BCUT2D eigenvalue weighted by atomic mass is 79.9. The molecule has 1 aromatic carbocycles. The summed E-state index contributed by atoms with van der Waals surface area (Å²) < 4.78 is 6.69. The molecule has 2 N–H and O–H groups in total. The molecule has 0 fully saturated rings. The number of benzene rings is 1. The number of halogens is 1. The predicted octanol–water partition coefficient (Wildman–Crippen LogP) is 2.11. The van der Waals surface area contributed by atoms with E-state index in [1.54, 1.807) is 0 Å². The van der Waals surface area contributed by atoms with Gasteiger partial charge in [-0.25, -0.2) is 0 Å². The second-order valence-electron chi connectivity index (χ2n) is 3.75. The second-order valence-corrected chi connectivity index (χ2v) is 4.66. The van der Waals surface area contributed by atoms with Gasteiger partial charge in [0.1, 0.15) is 12.4 Å². The van der Waals surface area contributed by atoms with Gasteiger partial charge in [-0.3, -0.25) is 0 Å². The molecule has 0 aliphatic carbocycles. The third-order valence-electron chi connectivity index (χ3n) is 2.30. The Balaban J connectivity index is 2.17. The molecule has 4 heteroatoms. The number of rotatable bonds is 7. The van der Waals surface area contributed by atoms with Crippen LogP contribution >= 0.6 is 15.9 Å². The molecule has 90 valence electrons. The Kier molecular flexibility index (Phi) is 6.45. The highest BCUT2D eigenvalue weighted by Crippen LogP contribution is 2.15. The molecule has 0 aliphatic rings. The maximum absolute atomic E-state index is 5.62. The molecule has 0 spiro atoms. The van der Waals surface area contributed by atoms with Crippen LogP contribution in [0.3, 0.4) is 0 Å². The number of ether oxygens (including phenoxy) is 1. The first-order valence-corrected chi connectivity index (χ1v) is 6.28. The van der Waals surface area contributed by atoms with Gasteiger partial charge in [0, 0.05) is 11.0 Å². The van der Waals surface area contributed by atoms with Crippen LogP contribution in [0, 0.1) is 0 Å². The summed E-state index contributed by atoms with van der Waals surface area (Å²) in [6, 6.07) is 7.88. The van der Waals surface area contributed by atoms with Gasteiger partial charge in [-0.05, 0) is 50.8 Å². The Morgan fingerprint density at radius 2 is 1.94 bits per heavy atom. The number of likely N-dealkylation sites (N-methyl/N-ethyl adjacent to an activating group) is 1. The Morgan fingerprint density at radius 1 is 1.25 bits per heavy atom. The first kappa shape index (κ1) is 13.5. The molecule has 0 saturated heterocycles. The summed E-state index contributed by atoms with van der Waals surface area (Å²) in [5.41, 5.74) is 5.45. The first-order chi connectivity index (χ1) is 7.72. The zero-order valence-corrected chi connectivity index (χ0v) is 11.2. The molecule has 0 aromatic heterocycles. The van der Waals surface area contributed by atoms with Crippen molar-refractivity contribution in [3.63, 3.8) is 0 Å². The minimum absolute atomic E-state index is 0.711. The molecule has 0 unspecified atom stereocenters. The normalized spacial score (nSPS) is 10.8. The largest absolute Gasteiger partial charge is 0.492 e. The lowest BCUT2D eigenvalue weighted by molar-refractivity contribution is 0.236. The minimum atomic E-state index is 0.711. The van der Waals surface area contributed by atoms with Gasteiger partial charge >= 0.3 is 0 Å². The fraction of sp³-hybridized carbons (Fsp3) is 0.500. The molecule has 0 heterocycles. The van der Waals surface area contributed by atoms with E-state index in [0.29, 0.717) is 6.61 Å². The molecular weight excluding hydrogens is 268 g/mol.